The number of benzene rings is 1. The van der Waals surface area contributed by atoms with Crippen molar-refractivity contribution in [2.75, 3.05) is 0 Å². The number of aromatic nitrogens is 1. The molecular weight excluding hydrogens is 266 g/mol. The highest BCUT2D eigenvalue weighted by Crippen LogP contribution is 2.23. The van der Waals surface area contributed by atoms with Gasteiger partial charge in [-0.25, -0.2) is 0 Å². The molecule has 1 aromatic heterocycles. The Morgan fingerprint density at radius 3 is 2.81 bits per heavy atom. The summed E-state index contributed by atoms with van der Waals surface area (Å²) in [6.07, 6.45) is 1.86. The van der Waals surface area contributed by atoms with E-state index < -0.39 is 0 Å². The average molecular weight is 276 g/mol. The normalized spacial score (nSPS) is 10.1. The van der Waals surface area contributed by atoms with Crippen LogP contribution in [0, 0.1) is 11.3 Å². The van der Waals surface area contributed by atoms with E-state index in [0.29, 0.717) is 12.2 Å². The van der Waals surface area contributed by atoms with Gasteiger partial charge in [0.1, 0.15) is 11.8 Å². The molecule has 16 heavy (non-hydrogen) atoms. The number of rotatable bonds is 2. The Labute approximate surface area is 102 Å². The Morgan fingerprint density at radius 1 is 1.38 bits per heavy atom. The summed E-state index contributed by atoms with van der Waals surface area (Å²) < 4.78 is 2.77. The third-order valence-corrected chi connectivity index (χ3v) is 3.01. The van der Waals surface area contributed by atoms with Crippen molar-refractivity contribution in [3.63, 3.8) is 0 Å². The van der Waals surface area contributed by atoms with Gasteiger partial charge in [0.15, 0.2) is 0 Å². The van der Waals surface area contributed by atoms with Crippen LogP contribution < -0.4 is 5.73 Å². The lowest BCUT2D eigenvalue weighted by Crippen LogP contribution is -2.00. The van der Waals surface area contributed by atoms with Crippen LogP contribution in [0.5, 0.6) is 0 Å². The molecule has 0 unspecified atom stereocenters. The smallest absolute Gasteiger partial charge is 0.124 e. The molecule has 1 heterocycles. The third kappa shape index (κ3) is 1.87. The van der Waals surface area contributed by atoms with Crippen LogP contribution in [0.15, 0.2) is 41.0 Å². The summed E-state index contributed by atoms with van der Waals surface area (Å²) in [5.74, 6) is 0. The molecule has 0 spiro atoms. The second-order valence-electron chi connectivity index (χ2n) is 3.37. The van der Waals surface area contributed by atoms with Crippen LogP contribution in [0.25, 0.3) is 5.69 Å². The van der Waals surface area contributed by atoms with Gasteiger partial charge >= 0.3 is 0 Å². The van der Waals surface area contributed by atoms with Crippen LogP contribution in [0.1, 0.15) is 11.3 Å². The monoisotopic (exact) mass is 275 g/mol. The van der Waals surface area contributed by atoms with Crippen LogP contribution in [0.4, 0.5) is 0 Å². The lowest BCUT2D eigenvalue weighted by atomic mass is 10.2. The largest absolute Gasteiger partial charge is 0.326 e. The molecule has 1 aromatic carbocycles. The van der Waals surface area contributed by atoms with E-state index in [1.165, 1.54) is 0 Å². The van der Waals surface area contributed by atoms with Gasteiger partial charge in [0.25, 0.3) is 0 Å². The Balaban J connectivity index is 2.53. The van der Waals surface area contributed by atoms with Crippen molar-refractivity contribution >= 4 is 15.9 Å². The SMILES string of the molecule is N#Cc1cccn1-c1ccc(CN)cc1Br. The van der Waals surface area contributed by atoms with Crippen LogP contribution in [-0.2, 0) is 6.54 Å². The molecule has 0 fully saturated rings. The minimum absolute atomic E-state index is 0.510. The van der Waals surface area contributed by atoms with Gasteiger partial charge < -0.3 is 10.3 Å². The standard InChI is InChI=1S/C12H10BrN3/c13-11-6-9(7-14)3-4-12(11)16-5-1-2-10(16)8-15/h1-6H,7,14H2. The second-order valence-corrected chi connectivity index (χ2v) is 4.22. The quantitative estimate of drug-likeness (QED) is 0.916. The van der Waals surface area contributed by atoms with Gasteiger partial charge in [-0.2, -0.15) is 5.26 Å². The molecule has 0 bridgehead atoms. The summed E-state index contributed by atoms with van der Waals surface area (Å²) in [4.78, 5) is 0. The van der Waals surface area contributed by atoms with Gasteiger partial charge in [-0.3, -0.25) is 0 Å². The van der Waals surface area contributed by atoms with Crippen molar-refractivity contribution in [3.05, 3.63) is 52.3 Å². The van der Waals surface area contributed by atoms with Gasteiger partial charge in [-0.1, -0.05) is 6.07 Å². The summed E-state index contributed by atoms with van der Waals surface area (Å²) >= 11 is 3.49. The summed E-state index contributed by atoms with van der Waals surface area (Å²) in [7, 11) is 0. The first-order valence-electron chi connectivity index (χ1n) is 4.82. The first-order chi connectivity index (χ1) is 7.76. The van der Waals surface area contributed by atoms with E-state index in [4.69, 9.17) is 11.0 Å². The molecular formula is C12H10BrN3. The summed E-state index contributed by atoms with van der Waals surface area (Å²) in [5, 5.41) is 8.95. The van der Waals surface area contributed by atoms with Crippen LogP contribution in [-0.4, -0.2) is 4.57 Å². The molecule has 0 saturated heterocycles. The van der Waals surface area contributed by atoms with Gasteiger partial charge in [-0.15, -0.1) is 0 Å². The fourth-order valence-electron chi connectivity index (χ4n) is 1.55. The highest BCUT2D eigenvalue weighted by atomic mass is 79.9. The summed E-state index contributed by atoms with van der Waals surface area (Å²) in [5.41, 5.74) is 8.18. The maximum atomic E-state index is 8.95. The molecule has 2 aromatic rings. The summed E-state index contributed by atoms with van der Waals surface area (Å²) in [6.45, 7) is 0.510. The van der Waals surface area contributed by atoms with E-state index in [0.717, 1.165) is 15.7 Å². The Morgan fingerprint density at radius 2 is 2.19 bits per heavy atom. The number of nitrogens with zero attached hydrogens (tertiary/aromatic N) is 2. The summed E-state index contributed by atoms with van der Waals surface area (Å²) in [6, 6.07) is 11.7. The maximum Gasteiger partial charge on any atom is 0.124 e. The van der Waals surface area contributed by atoms with Crippen molar-refractivity contribution in [1.29, 1.82) is 5.26 Å². The molecule has 0 atom stereocenters. The molecule has 3 nitrogen and oxygen atoms in total. The lowest BCUT2D eigenvalue weighted by molar-refractivity contribution is 1.02. The highest BCUT2D eigenvalue weighted by Gasteiger charge is 2.06. The van der Waals surface area contributed by atoms with Crippen molar-refractivity contribution < 1.29 is 0 Å². The van der Waals surface area contributed by atoms with E-state index in [9.17, 15) is 0 Å². The van der Waals surface area contributed by atoms with Crippen molar-refractivity contribution in [3.8, 4) is 11.8 Å². The van der Waals surface area contributed by atoms with E-state index in [-0.39, 0.29) is 0 Å². The minimum Gasteiger partial charge on any atom is -0.326 e. The van der Waals surface area contributed by atoms with Gasteiger partial charge in [0, 0.05) is 17.2 Å². The first kappa shape index (κ1) is 10.9. The van der Waals surface area contributed by atoms with Crippen molar-refractivity contribution in [2.24, 2.45) is 5.73 Å². The zero-order valence-corrected chi connectivity index (χ0v) is 10.1. The molecule has 0 aliphatic heterocycles. The molecule has 0 saturated carbocycles. The number of halogens is 1. The van der Waals surface area contributed by atoms with Crippen molar-refractivity contribution in [1.82, 2.24) is 4.57 Å². The van der Waals surface area contributed by atoms with Crippen molar-refractivity contribution in [2.45, 2.75) is 6.54 Å². The second kappa shape index (κ2) is 4.52. The van der Waals surface area contributed by atoms with Gasteiger partial charge in [-0.05, 0) is 45.8 Å². The average Bonchev–Trinajstić information content (AvgIpc) is 2.76. The number of hydrogen-bond acceptors (Lipinski definition) is 2. The topological polar surface area (TPSA) is 54.7 Å². The van der Waals surface area contributed by atoms with E-state index in [2.05, 4.69) is 22.0 Å². The highest BCUT2D eigenvalue weighted by molar-refractivity contribution is 9.10. The van der Waals surface area contributed by atoms with E-state index in [1.807, 2.05) is 35.0 Å². The van der Waals surface area contributed by atoms with Gasteiger partial charge in [0.2, 0.25) is 0 Å². The van der Waals surface area contributed by atoms with E-state index in [1.54, 1.807) is 6.07 Å². The number of nitrogens with two attached hydrogens (primary N) is 1. The molecule has 80 valence electrons. The molecule has 0 aliphatic rings. The minimum atomic E-state index is 0.510. The molecule has 0 aliphatic carbocycles. The maximum absolute atomic E-state index is 8.95. The van der Waals surface area contributed by atoms with Crippen LogP contribution in [0.2, 0.25) is 0 Å². The van der Waals surface area contributed by atoms with Crippen LogP contribution >= 0.6 is 15.9 Å². The predicted molar refractivity (Wildman–Crippen MR) is 66.1 cm³/mol. The molecule has 0 radical (unpaired) electrons. The molecule has 0 amide bonds. The molecule has 4 heteroatoms. The Kier molecular flexibility index (Phi) is 3.09. The zero-order valence-electron chi connectivity index (χ0n) is 8.52. The third-order valence-electron chi connectivity index (χ3n) is 2.37. The molecule has 2 rings (SSSR count). The zero-order chi connectivity index (χ0) is 11.5. The fourth-order valence-corrected chi connectivity index (χ4v) is 2.17. The predicted octanol–water partition coefficient (Wildman–Crippen LogP) is 2.57. The van der Waals surface area contributed by atoms with Crippen LogP contribution in [0.3, 0.4) is 0 Å². The molecule has 2 N–H and O–H groups in total. The lowest BCUT2D eigenvalue weighted by Gasteiger charge is -2.08. The van der Waals surface area contributed by atoms with E-state index >= 15 is 0 Å². The Hall–Kier alpha value is -1.57. The fraction of sp³-hybridized carbons (Fsp3) is 0.0833. The number of hydrogen-bond donors (Lipinski definition) is 1. The van der Waals surface area contributed by atoms with Gasteiger partial charge in [0.05, 0.1) is 5.69 Å². The first-order valence-corrected chi connectivity index (χ1v) is 5.62. The Bertz CT molecular complexity index is 552. The number of nitriles is 1.